The van der Waals surface area contributed by atoms with E-state index in [0.717, 1.165) is 25.7 Å². The molecule has 19 heavy (non-hydrogen) atoms. The first-order valence-corrected chi connectivity index (χ1v) is 6.36. The SMILES string of the molecule is O=C(O)C1CC2(CCCC2)CCN1C(=O)C(F)(F)F. The number of hydrogen-bond donors (Lipinski definition) is 1. The lowest BCUT2D eigenvalue weighted by atomic mass is 9.74. The van der Waals surface area contributed by atoms with Gasteiger partial charge in [-0.15, -0.1) is 0 Å². The molecule has 0 bridgehead atoms. The third-order valence-electron chi connectivity index (χ3n) is 4.34. The number of carboxylic acids is 1. The minimum absolute atomic E-state index is 0.116. The highest BCUT2D eigenvalue weighted by Crippen LogP contribution is 2.48. The van der Waals surface area contributed by atoms with Gasteiger partial charge in [0.2, 0.25) is 0 Å². The quantitative estimate of drug-likeness (QED) is 0.800. The van der Waals surface area contributed by atoms with Crippen LogP contribution in [-0.4, -0.2) is 40.6 Å². The Kier molecular flexibility index (Phi) is 3.49. The van der Waals surface area contributed by atoms with E-state index in [-0.39, 0.29) is 18.4 Å². The minimum atomic E-state index is -5.01. The van der Waals surface area contributed by atoms with Crippen molar-refractivity contribution in [1.29, 1.82) is 0 Å². The molecule has 0 radical (unpaired) electrons. The van der Waals surface area contributed by atoms with E-state index in [9.17, 15) is 22.8 Å². The van der Waals surface area contributed by atoms with Gasteiger partial charge in [0.05, 0.1) is 0 Å². The zero-order chi connectivity index (χ0) is 14.3. The summed E-state index contributed by atoms with van der Waals surface area (Å²) in [5.74, 6) is -3.38. The normalized spacial score (nSPS) is 26.7. The number of piperidine rings is 1. The van der Waals surface area contributed by atoms with Crippen LogP contribution in [0.25, 0.3) is 0 Å². The van der Waals surface area contributed by atoms with Crippen LogP contribution in [0.4, 0.5) is 13.2 Å². The summed E-state index contributed by atoms with van der Waals surface area (Å²) >= 11 is 0. The number of aliphatic carboxylic acids is 1. The molecule has 1 amide bonds. The molecule has 1 N–H and O–H groups in total. The summed E-state index contributed by atoms with van der Waals surface area (Å²) in [4.78, 5) is 22.9. The van der Waals surface area contributed by atoms with E-state index in [1.165, 1.54) is 0 Å². The fourth-order valence-corrected chi connectivity index (χ4v) is 3.34. The Balaban J connectivity index is 2.18. The van der Waals surface area contributed by atoms with Gasteiger partial charge in [-0.1, -0.05) is 12.8 Å². The lowest BCUT2D eigenvalue weighted by Crippen LogP contribution is -2.56. The summed E-state index contributed by atoms with van der Waals surface area (Å²) in [5.41, 5.74) is -0.175. The average Bonchev–Trinajstić information content (AvgIpc) is 2.75. The van der Waals surface area contributed by atoms with Gasteiger partial charge in [-0.25, -0.2) is 4.79 Å². The van der Waals surface area contributed by atoms with E-state index in [0.29, 0.717) is 11.3 Å². The molecule has 2 aliphatic rings. The molecule has 2 rings (SSSR count). The summed E-state index contributed by atoms with van der Waals surface area (Å²) in [6.07, 6.45) is -0.717. The van der Waals surface area contributed by atoms with Crippen molar-refractivity contribution in [3.05, 3.63) is 0 Å². The van der Waals surface area contributed by atoms with Crippen molar-refractivity contribution in [2.45, 2.75) is 50.7 Å². The maximum atomic E-state index is 12.5. The van der Waals surface area contributed by atoms with Crippen molar-refractivity contribution >= 4 is 11.9 Å². The van der Waals surface area contributed by atoms with E-state index in [2.05, 4.69) is 0 Å². The largest absolute Gasteiger partial charge is 0.480 e. The lowest BCUT2D eigenvalue weighted by molar-refractivity contribution is -0.193. The monoisotopic (exact) mass is 279 g/mol. The number of carbonyl (C=O) groups is 2. The first-order chi connectivity index (χ1) is 8.75. The molecule has 1 aliphatic carbocycles. The van der Waals surface area contributed by atoms with E-state index >= 15 is 0 Å². The highest BCUT2D eigenvalue weighted by atomic mass is 19.4. The van der Waals surface area contributed by atoms with Crippen molar-refractivity contribution in [3.63, 3.8) is 0 Å². The van der Waals surface area contributed by atoms with Gasteiger partial charge in [0.25, 0.3) is 0 Å². The average molecular weight is 279 g/mol. The van der Waals surface area contributed by atoms with Gasteiger partial charge in [0, 0.05) is 6.54 Å². The van der Waals surface area contributed by atoms with Crippen molar-refractivity contribution < 1.29 is 27.9 Å². The third-order valence-corrected chi connectivity index (χ3v) is 4.34. The van der Waals surface area contributed by atoms with E-state index in [4.69, 9.17) is 5.11 Å². The zero-order valence-corrected chi connectivity index (χ0v) is 10.4. The van der Waals surface area contributed by atoms with Crippen LogP contribution in [0.3, 0.4) is 0 Å². The molecule has 1 saturated heterocycles. The molecule has 108 valence electrons. The van der Waals surface area contributed by atoms with Gasteiger partial charge >= 0.3 is 18.1 Å². The van der Waals surface area contributed by atoms with E-state index < -0.39 is 24.1 Å². The summed E-state index contributed by atoms with van der Waals surface area (Å²) in [6.45, 7) is -0.116. The van der Waals surface area contributed by atoms with Gasteiger partial charge in [-0.3, -0.25) is 4.79 Å². The van der Waals surface area contributed by atoms with Crippen molar-refractivity contribution in [2.24, 2.45) is 5.41 Å². The van der Waals surface area contributed by atoms with Crippen molar-refractivity contribution in [3.8, 4) is 0 Å². The summed E-state index contributed by atoms with van der Waals surface area (Å²) in [6, 6.07) is -1.35. The molecule has 0 aromatic carbocycles. The highest BCUT2D eigenvalue weighted by molar-refractivity contribution is 5.87. The Hall–Kier alpha value is -1.27. The number of halogens is 3. The molecular formula is C12H16F3NO3. The predicted molar refractivity (Wildman–Crippen MR) is 59.3 cm³/mol. The number of nitrogens with zero attached hydrogens (tertiary/aromatic N) is 1. The van der Waals surface area contributed by atoms with E-state index in [1.54, 1.807) is 0 Å². The molecule has 1 heterocycles. The molecular weight excluding hydrogens is 263 g/mol. The molecule has 2 fully saturated rings. The summed E-state index contributed by atoms with van der Waals surface area (Å²) in [7, 11) is 0. The molecule has 1 saturated carbocycles. The Labute approximate surface area is 108 Å². The minimum Gasteiger partial charge on any atom is -0.480 e. The number of amides is 1. The topological polar surface area (TPSA) is 57.6 Å². The number of carboxylic acid groups (broad SMARTS) is 1. The van der Waals surface area contributed by atoms with Gasteiger partial charge in [0.15, 0.2) is 0 Å². The number of likely N-dealkylation sites (tertiary alicyclic amines) is 1. The Morgan fingerprint density at radius 1 is 1.16 bits per heavy atom. The molecule has 1 spiro atoms. The van der Waals surface area contributed by atoms with Crippen LogP contribution in [-0.2, 0) is 9.59 Å². The number of hydrogen-bond acceptors (Lipinski definition) is 2. The Morgan fingerprint density at radius 3 is 2.21 bits per heavy atom. The molecule has 1 aliphatic heterocycles. The third kappa shape index (κ3) is 2.69. The molecule has 7 heteroatoms. The first kappa shape index (κ1) is 14.1. The van der Waals surface area contributed by atoms with Crippen LogP contribution in [0.2, 0.25) is 0 Å². The predicted octanol–water partition coefficient (Wildman–Crippen LogP) is 2.18. The Bertz CT molecular complexity index is 388. The molecule has 1 atom stereocenters. The maximum absolute atomic E-state index is 12.5. The number of rotatable bonds is 1. The molecule has 1 unspecified atom stereocenters. The fourth-order valence-electron chi connectivity index (χ4n) is 3.34. The van der Waals surface area contributed by atoms with Crippen LogP contribution < -0.4 is 0 Å². The second-order valence-corrected chi connectivity index (χ2v) is 5.51. The fraction of sp³-hybridized carbons (Fsp3) is 0.833. The maximum Gasteiger partial charge on any atom is 0.471 e. The molecule has 4 nitrogen and oxygen atoms in total. The summed E-state index contributed by atoms with van der Waals surface area (Å²) < 4.78 is 37.4. The van der Waals surface area contributed by atoms with Gasteiger partial charge in [0.1, 0.15) is 6.04 Å². The number of alkyl halides is 3. The second-order valence-electron chi connectivity index (χ2n) is 5.51. The first-order valence-electron chi connectivity index (χ1n) is 6.36. The van der Waals surface area contributed by atoms with Gasteiger partial charge < -0.3 is 10.0 Å². The van der Waals surface area contributed by atoms with Crippen LogP contribution in [0.15, 0.2) is 0 Å². The zero-order valence-electron chi connectivity index (χ0n) is 10.4. The Morgan fingerprint density at radius 2 is 1.74 bits per heavy atom. The van der Waals surface area contributed by atoms with Crippen LogP contribution >= 0.6 is 0 Å². The van der Waals surface area contributed by atoms with Crippen molar-refractivity contribution in [2.75, 3.05) is 6.54 Å². The van der Waals surface area contributed by atoms with Crippen LogP contribution in [0.5, 0.6) is 0 Å². The number of carbonyl (C=O) groups excluding carboxylic acids is 1. The highest BCUT2D eigenvalue weighted by Gasteiger charge is 2.51. The lowest BCUT2D eigenvalue weighted by Gasteiger charge is -2.43. The summed E-state index contributed by atoms with van der Waals surface area (Å²) in [5, 5.41) is 9.11. The van der Waals surface area contributed by atoms with Crippen LogP contribution in [0.1, 0.15) is 38.5 Å². The van der Waals surface area contributed by atoms with Crippen molar-refractivity contribution in [1.82, 2.24) is 4.90 Å². The van der Waals surface area contributed by atoms with Gasteiger partial charge in [-0.05, 0) is 31.1 Å². The standard InChI is InChI=1S/C12H16F3NO3/c13-12(14,15)10(19)16-6-5-11(3-1-2-4-11)7-8(16)9(17)18/h8H,1-7H2,(H,17,18). The smallest absolute Gasteiger partial charge is 0.471 e. The second kappa shape index (κ2) is 4.68. The molecule has 0 aromatic rings. The van der Waals surface area contributed by atoms with Gasteiger partial charge in [-0.2, -0.15) is 13.2 Å². The molecule has 0 aromatic heterocycles. The van der Waals surface area contributed by atoms with Crippen LogP contribution in [0, 0.1) is 5.41 Å². The van der Waals surface area contributed by atoms with E-state index in [1.807, 2.05) is 0 Å².